The van der Waals surface area contributed by atoms with Crippen molar-refractivity contribution in [3.05, 3.63) is 18.2 Å². The Balaban J connectivity index is 1.24. The smallest absolute Gasteiger partial charge is 0.316 e. The van der Waals surface area contributed by atoms with E-state index in [2.05, 4.69) is 20.4 Å². The van der Waals surface area contributed by atoms with Crippen molar-refractivity contribution < 1.29 is 13.9 Å². The van der Waals surface area contributed by atoms with Crippen LogP contribution < -0.4 is 15.0 Å². The molecule has 2 aromatic rings. The van der Waals surface area contributed by atoms with Gasteiger partial charge in [-0.3, -0.25) is 4.79 Å². The summed E-state index contributed by atoms with van der Waals surface area (Å²) in [6.07, 6.45) is 4.92. The highest BCUT2D eigenvalue weighted by molar-refractivity contribution is 5.83. The summed E-state index contributed by atoms with van der Waals surface area (Å²) >= 11 is 0. The molecule has 1 amide bonds. The average Bonchev–Trinajstić information content (AvgIpc) is 3.32. The number of nitrogens with zero attached hydrogens (tertiary/aromatic N) is 4. The predicted octanol–water partition coefficient (Wildman–Crippen LogP) is 2.77. The monoisotopic (exact) mass is 397 g/mol. The van der Waals surface area contributed by atoms with E-state index < -0.39 is 6.04 Å². The van der Waals surface area contributed by atoms with Crippen molar-refractivity contribution in [3.63, 3.8) is 0 Å². The lowest BCUT2D eigenvalue weighted by atomic mass is 9.93. The fourth-order valence-corrected chi connectivity index (χ4v) is 4.29. The minimum absolute atomic E-state index is 0.0884. The van der Waals surface area contributed by atoms with Crippen molar-refractivity contribution in [2.45, 2.75) is 38.6 Å². The number of rotatable bonds is 4. The Kier molecular flexibility index (Phi) is 4.37. The summed E-state index contributed by atoms with van der Waals surface area (Å²) in [5, 5.41) is 11.3. The molecule has 0 bridgehead atoms. The van der Waals surface area contributed by atoms with Gasteiger partial charge in [0.2, 0.25) is 11.8 Å². The number of likely N-dealkylation sites (tertiary alicyclic amines) is 1. The quantitative estimate of drug-likeness (QED) is 0.849. The number of amides is 1. The molecule has 1 aliphatic carbocycles. The fraction of sp³-hybridized carbons (Fsp3) is 0.571. The highest BCUT2D eigenvalue weighted by Crippen LogP contribution is 2.53. The number of fused-ring (bicyclic) bond motifs is 1. The number of aromatic nitrogens is 2. The lowest BCUT2D eigenvalue weighted by molar-refractivity contribution is -0.133. The minimum atomic E-state index is -0.405. The van der Waals surface area contributed by atoms with Gasteiger partial charge < -0.3 is 24.3 Å². The van der Waals surface area contributed by atoms with Crippen LogP contribution in [0.4, 0.5) is 11.7 Å². The van der Waals surface area contributed by atoms with Gasteiger partial charge in [0.05, 0.1) is 12.2 Å². The summed E-state index contributed by atoms with van der Waals surface area (Å²) < 4.78 is 11.5. The van der Waals surface area contributed by atoms with Crippen molar-refractivity contribution in [1.82, 2.24) is 15.1 Å². The number of likely N-dealkylation sites (N-methyl/N-ethyl adjacent to an activating group) is 1. The lowest BCUT2D eigenvalue weighted by Gasteiger charge is -2.33. The number of anilines is 2. The zero-order chi connectivity index (χ0) is 20.0. The Labute approximate surface area is 170 Å². The maximum Gasteiger partial charge on any atom is 0.316 e. The second kappa shape index (κ2) is 6.93. The van der Waals surface area contributed by atoms with Crippen molar-refractivity contribution >= 4 is 17.6 Å². The number of hydrogen-bond donors (Lipinski definition) is 1. The van der Waals surface area contributed by atoms with Crippen LogP contribution in [-0.4, -0.2) is 60.3 Å². The number of carbonyl (C=O) groups excluding carboxylic acids is 1. The highest BCUT2D eigenvalue weighted by atomic mass is 16.5. The molecule has 29 heavy (non-hydrogen) atoms. The summed E-state index contributed by atoms with van der Waals surface area (Å²) in [5.41, 5.74) is 2.40. The maximum atomic E-state index is 12.8. The molecule has 154 valence electrons. The SMILES string of the molecule is C[C@H](Nc1nnc(-c2ccc3c(c2)OCCN3C)o1)C(=O)N1CCC2(CC1)CC2. The van der Waals surface area contributed by atoms with Crippen LogP contribution >= 0.6 is 0 Å². The van der Waals surface area contributed by atoms with Gasteiger partial charge in [-0.1, -0.05) is 5.10 Å². The van der Waals surface area contributed by atoms with Gasteiger partial charge in [0, 0.05) is 25.7 Å². The number of benzene rings is 1. The fourth-order valence-electron chi connectivity index (χ4n) is 4.29. The minimum Gasteiger partial charge on any atom is -0.490 e. The first-order valence-corrected chi connectivity index (χ1v) is 10.4. The first-order chi connectivity index (χ1) is 14.0. The van der Waals surface area contributed by atoms with E-state index >= 15 is 0 Å². The Morgan fingerprint density at radius 3 is 2.72 bits per heavy atom. The van der Waals surface area contributed by atoms with E-state index in [4.69, 9.17) is 9.15 Å². The van der Waals surface area contributed by atoms with Gasteiger partial charge in [-0.15, -0.1) is 5.10 Å². The molecule has 0 radical (unpaired) electrons. The molecular formula is C21H27N5O3. The van der Waals surface area contributed by atoms with Gasteiger partial charge in [-0.25, -0.2) is 0 Å². The van der Waals surface area contributed by atoms with Crippen LogP contribution in [0, 0.1) is 5.41 Å². The molecular weight excluding hydrogens is 370 g/mol. The molecule has 1 N–H and O–H groups in total. The normalized spacial score (nSPS) is 20.8. The van der Waals surface area contributed by atoms with Gasteiger partial charge in [0.15, 0.2) is 0 Å². The van der Waals surface area contributed by atoms with Gasteiger partial charge in [-0.05, 0) is 56.2 Å². The molecule has 1 spiro atoms. The van der Waals surface area contributed by atoms with Crippen molar-refractivity contribution in [2.24, 2.45) is 5.41 Å². The zero-order valence-corrected chi connectivity index (χ0v) is 17.0. The number of ether oxygens (including phenoxy) is 1. The Morgan fingerprint density at radius 2 is 1.97 bits per heavy atom. The third-order valence-corrected chi connectivity index (χ3v) is 6.53. The molecule has 1 aromatic carbocycles. The molecule has 2 aliphatic heterocycles. The molecule has 5 rings (SSSR count). The lowest BCUT2D eigenvalue weighted by Crippen LogP contribution is -2.45. The topological polar surface area (TPSA) is 83.7 Å². The van der Waals surface area contributed by atoms with E-state index in [9.17, 15) is 4.79 Å². The van der Waals surface area contributed by atoms with Crippen LogP contribution in [0.25, 0.3) is 11.5 Å². The van der Waals surface area contributed by atoms with E-state index in [-0.39, 0.29) is 11.9 Å². The van der Waals surface area contributed by atoms with Crippen LogP contribution in [0.3, 0.4) is 0 Å². The van der Waals surface area contributed by atoms with Crippen LogP contribution in [0.1, 0.15) is 32.6 Å². The van der Waals surface area contributed by atoms with Gasteiger partial charge in [0.1, 0.15) is 18.4 Å². The molecule has 8 heteroatoms. The number of hydrogen-bond acceptors (Lipinski definition) is 7. The largest absolute Gasteiger partial charge is 0.490 e. The van der Waals surface area contributed by atoms with E-state index in [0.29, 0.717) is 17.9 Å². The molecule has 1 saturated heterocycles. The van der Waals surface area contributed by atoms with Gasteiger partial charge in [-0.2, -0.15) is 0 Å². The molecule has 1 aromatic heterocycles. The van der Waals surface area contributed by atoms with E-state index in [0.717, 1.165) is 49.5 Å². The number of nitrogens with one attached hydrogen (secondary N) is 1. The van der Waals surface area contributed by atoms with Crippen molar-refractivity contribution in [2.75, 3.05) is 43.5 Å². The molecule has 0 unspecified atom stereocenters. The third-order valence-electron chi connectivity index (χ3n) is 6.53. The molecule has 2 fully saturated rings. The second-order valence-corrected chi connectivity index (χ2v) is 8.56. The Morgan fingerprint density at radius 1 is 1.17 bits per heavy atom. The molecule has 3 heterocycles. The van der Waals surface area contributed by atoms with E-state index in [1.54, 1.807) is 0 Å². The van der Waals surface area contributed by atoms with E-state index in [1.807, 2.05) is 37.1 Å². The maximum absolute atomic E-state index is 12.8. The van der Waals surface area contributed by atoms with Crippen molar-refractivity contribution in [1.29, 1.82) is 0 Å². The first kappa shape index (κ1) is 18.3. The average molecular weight is 397 g/mol. The highest BCUT2D eigenvalue weighted by Gasteiger charge is 2.45. The Hall–Kier alpha value is -2.77. The zero-order valence-electron chi connectivity index (χ0n) is 17.0. The molecule has 1 saturated carbocycles. The van der Waals surface area contributed by atoms with Crippen LogP contribution in [-0.2, 0) is 4.79 Å². The van der Waals surface area contributed by atoms with Crippen LogP contribution in [0.5, 0.6) is 5.75 Å². The molecule has 8 nitrogen and oxygen atoms in total. The molecule has 3 aliphatic rings. The summed E-state index contributed by atoms with van der Waals surface area (Å²) in [6.45, 7) is 5.06. The summed E-state index contributed by atoms with van der Waals surface area (Å²) in [5.74, 6) is 1.30. The van der Waals surface area contributed by atoms with Gasteiger partial charge in [0.25, 0.3) is 0 Å². The predicted molar refractivity (Wildman–Crippen MR) is 109 cm³/mol. The van der Waals surface area contributed by atoms with Crippen LogP contribution in [0.2, 0.25) is 0 Å². The molecule has 1 atom stereocenters. The summed E-state index contributed by atoms with van der Waals surface area (Å²) in [6, 6.07) is 5.70. The second-order valence-electron chi connectivity index (χ2n) is 8.56. The summed E-state index contributed by atoms with van der Waals surface area (Å²) in [4.78, 5) is 16.9. The Bertz CT molecular complexity index is 913. The number of carbonyl (C=O) groups is 1. The van der Waals surface area contributed by atoms with Crippen molar-refractivity contribution in [3.8, 4) is 17.2 Å². The first-order valence-electron chi connectivity index (χ1n) is 10.4. The number of piperidine rings is 1. The summed E-state index contributed by atoms with van der Waals surface area (Å²) in [7, 11) is 2.04. The standard InChI is InChI=1S/C21H27N5O3/c1-14(19(27)26-9-7-21(5-6-21)8-10-26)22-20-24-23-18(29-20)15-3-4-16-17(13-15)28-12-11-25(16)2/h3-4,13-14H,5-12H2,1-2H3,(H,22,24)/t14-/m0/s1. The van der Waals surface area contributed by atoms with Gasteiger partial charge >= 0.3 is 6.01 Å². The van der Waals surface area contributed by atoms with Crippen LogP contribution in [0.15, 0.2) is 22.6 Å². The third kappa shape index (κ3) is 3.52. The van der Waals surface area contributed by atoms with E-state index in [1.165, 1.54) is 12.8 Å².